The van der Waals surface area contributed by atoms with Crippen LogP contribution in [0.1, 0.15) is 46.7 Å². The normalized spacial score (nSPS) is 14.7. The fraction of sp³-hybridized carbons (Fsp3) is 0.591. The van der Waals surface area contributed by atoms with E-state index in [-0.39, 0.29) is 23.9 Å². The van der Waals surface area contributed by atoms with Crippen molar-refractivity contribution in [1.29, 1.82) is 0 Å². The summed E-state index contributed by atoms with van der Waals surface area (Å²) >= 11 is 0. The van der Waals surface area contributed by atoms with Gasteiger partial charge in [0, 0.05) is 64.8 Å². The van der Waals surface area contributed by atoms with Crippen molar-refractivity contribution in [3.63, 3.8) is 0 Å². The molecule has 0 unspecified atom stereocenters. The Balaban J connectivity index is 1.54. The number of hydrogen-bond donors (Lipinski definition) is 0. The summed E-state index contributed by atoms with van der Waals surface area (Å²) in [6, 6.07) is 1.85. The minimum Gasteiger partial charge on any atom is -0.345 e. The predicted octanol–water partition coefficient (Wildman–Crippen LogP) is 1.17. The maximum Gasteiger partial charge on any atom is 0.347 e. The summed E-state index contributed by atoms with van der Waals surface area (Å²) in [5, 5.41) is 4.50. The Morgan fingerprint density at radius 3 is 2.48 bits per heavy atom. The van der Waals surface area contributed by atoms with Gasteiger partial charge in [0.15, 0.2) is 0 Å². The fourth-order valence-electron chi connectivity index (χ4n) is 4.18. The number of hydrogen-bond acceptors (Lipinski definition) is 5. The van der Waals surface area contributed by atoms with Crippen LogP contribution in [0.4, 0.5) is 0 Å². The topological polar surface area (TPSA) is 93.3 Å². The number of piperidine rings is 1. The molecule has 3 rings (SSSR count). The molecule has 9 nitrogen and oxygen atoms in total. The highest BCUT2D eigenvalue weighted by atomic mass is 16.2. The Labute approximate surface area is 182 Å². The summed E-state index contributed by atoms with van der Waals surface area (Å²) in [4.78, 5) is 44.6. The zero-order chi connectivity index (χ0) is 22.7. The van der Waals surface area contributed by atoms with Crippen LogP contribution in [0, 0.1) is 19.8 Å². The lowest BCUT2D eigenvalue weighted by Gasteiger charge is -2.32. The minimum atomic E-state index is -0.303. The van der Waals surface area contributed by atoms with Gasteiger partial charge < -0.3 is 9.80 Å². The van der Waals surface area contributed by atoms with Crippen LogP contribution in [0.3, 0.4) is 0 Å². The lowest BCUT2D eigenvalue weighted by atomic mass is 9.91. The molecule has 0 saturated carbocycles. The first kappa shape index (κ1) is 22.7. The van der Waals surface area contributed by atoms with E-state index in [9.17, 15) is 14.4 Å². The summed E-state index contributed by atoms with van der Waals surface area (Å²) in [6.07, 6.45) is 4.56. The highest BCUT2D eigenvalue weighted by molar-refractivity contribution is 5.94. The van der Waals surface area contributed by atoms with Gasteiger partial charge in [-0.25, -0.2) is 4.79 Å². The molecular formula is C22H32N6O3. The van der Waals surface area contributed by atoms with Gasteiger partial charge in [-0.05, 0) is 45.1 Å². The van der Waals surface area contributed by atoms with Crippen molar-refractivity contribution < 1.29 is 9.59 Å². The van der Waals surface area contributed by atoms with Crippen molar-refractivity contribution in [3.8, 4) is 0 Å². The molecular weight excluding hydrogens is 396 g/mol. The number of aryl methyl sites for hydroxylation is 3. The van der Waals surface area contributed by atoms with Gasteiger partial charge in [0.05, 0.1) is 11.3 Å². The highest BCUT2D eigenvalue weighted by Gasteiger charge is 2.26. The summed E-state index contributed by atoms with van der Waals surface area (Å²) in [6.45, 7) is 5.37. The molecule has 31 heavy (non-hydrogen) atoms. The van der Waals surface area contributed by atoms with E-state index in [0.29, 0.717) is 36.8 Å². The molecule has 2 aromatic rings. The molecule has 0 aliphatic carbocycles. The smallest absolute Gasteiger partial charge is 0.345 e. The summed E-state index contributed by atoms with van der Waals surface area (Å²) in [5.74, 6) is 0.414. The van der Waals surface area contributed by atoms with Gasteiger partial charge in [0.1, 0.15) is 0 Å². The Kier molecular flexibility index (Phi) is 6.92. The first-order valence-corrected chi connectivity index (χ1v) is 10.7. The van der Waals surface area contributed by atoms with Crippen molar-refractivity contribution in [2.45, 2.75) is 46.1 Å². The van der Waals surface area contributed by atoms with E-state index in [1.807, 2.05) is 24.9 Å². The van der Waals surface area contributed by atoms with Crippen molar-refractivity contribution in [3.05, 3.63) is 45.4 Å². The van der Waals surface area contributed by atoms with Crippen LogP contribution in [-0.2, 0) is 24.8 Å². The van der Waals surface area contributed by atoms with E-state index >= 15 is 0 Å². The van der Waals surface area contributed by atoms with Gasteiger partial charge in [0.25, 0.3) is 5.91 Å². The Morgan fingerprint density at radius 2 is 1.87 bits per heavy atom. The number of aromatic nitrogens is 4. The number of carbonyl (C=O) groups is 2. The van der Waals surface area contributed by atoms with Gasteiger partial charge in [-0.15, -0.1) is 0 Å². The second kappa shape index (κ2) is 9.45. The molecule has 2 aromatic heterocycles. The summed E-state index contributed by atoms with van der Waals surface area (Å²) in [5.41, 5.74) is 2.69. The third-order valence-electron chi connectivity index (χ3n) is 5.89. The number of nitrogens with zero attached hydrogens (tertiary/aromatic N) is 6. The first-order chi connectivity index (χ1) is 14.7. The predicted molar refractivity (Wildman–Crippen MR) is 117 cm³/mol. The monoisotopic (exact) mass is 428 g/mol. The second-order valence-electron chi connectivity index (χ2n) is 8.61. The SMILES string of the molecule is Cc1cc(C)n(CCC(=O)N2CCC(Cc3nn(C)cc3C(=O)N(C)C)CC2)c(=O)n1. The number of amides is 2. The molecule has 0 aromatic carbocycles. The lowest BCUT2D eigenvalue weighted by molar-refractivity contribution is -0.132. The molecule has 0 spiro atoms. The van der Waals surface area contributed by atoms with Crippen molar-refractivity contribution >= 4 is 11.8 Å². The Bertz CT molecular complexity index is 1010. The van der Waals surface area contributed by atoms with Crippen LogP contribution in [0.5, 0.6) is 0 Å². The minimum absolute atomic E-state index is 0.0353. The van der Waals surface area contributed by atoms with Gasteiger partial charge in [-0.1, -0.05) is 0 Å². The molecule has 1 aliphatic heterocycles. The number of likely N-dealkylation sites (tertiary alicyclic amines) is 1. The van der Waals surface area contributed by atoms with E-state index < -0.39 is 0 Å². The Hall–Kier alpha value is -2.97. The van der Waals surface area contributed by atoms with E-state index in [2.05, 4.69) is 10.1 Å². The van der Waals surface area contributed by atoms with Gasteiger partial charge >= 0.3 is 5.69 Å². The zero-order valence-corrected chi connectivity index (χ0v) is 19.1. The zero-order valence-electron chi connectivity index (χ0n) is 19.1. The van der Waals surface area contributed by atoms with Crippen LogP contribution in [-0.4, -0.2) is 68.1 Å². The molecule has 2 amide bonds. The molecule has 1 aliphatic rings. The van der Waals surface area contributed by atoms with Gasteiger partial charge in [0.2, 0.25) is 5.91 Å². The Morgan fingerprint density at radius 1 is 1.19 bits per heavy atom. The maximum atomic E-state index is 12.7. The van der Waals surface area contributed by atoms with E-state index in [1.165, 1.54) is 0 Å². The third kappa shape index (κ3) is 5.39. The molecule has 168 valence electrons. The van der Waals surface area contributed by atoms with Gasteiger partial charge in [-0.3, -0.25) is 18.8 Å². The van der Waals surface area contributed by atoms with E-state index in [0.717, 1.165) is 30.7 Å². The average Bonchev–Trinajstić information content (AvgIpc) is 3.06. The van der Waals surface area contributed by atoms with Crippen molar-refractivity contribution in [1.82, 2.24) is 29.1 Å². The fourth-order valence-corrected chi connectivity index (χ4v) is 4.18. The number of carbonyl (C=O) groups excluding carboxylic acids is 2. The third-order valence-corrected chi connectivity index (χ3v) is 5.89. The molecule has 0 bridgehead atoms. The van der Waals surface area contributed by atoms with Crippen LogP contribution < -0.4 is 5.69 Å². The largest absolute Gasteiger partial charge is 0.347 e. The second-order valence-corrected chi connectivity index (χ2v) is 8.61. The van der Waals surface area contributed by atoms with Crippen molar-refractivity contribution in [2.24, 2.45) is 13.0 Å². The van der Waals surface area contributed by atoms with Crippen LogP contribution in [0.25, 0.3) is 0 Å². The van der Waals surface area contributed by atoms with Gasteiger partial charge in [-0.2, -0.15) is 10.1 Å². The average molecular weight is 429 g/mol. The van der Waals surface area contributed by atoms with Crippen LogP contribution >= 0.6 is 0 Å². The quantitative estimate of drug-likeness (QED) is 0.689. The maximum absolute atomic E-state index is 12.7. The highest BCUT2D eigenvalue weighted by Crippen LogP contribution is 2.23. The molecule has 1 fully saturated rings. The lowest BCUT2D eigenvalue weighted by Crippen LogP contribution is -2.40. The van der Waals surface area contributed by atoms with E-state index in [4.69, 9.17) is 0 Å². The van der Waals surface area contributed by atoms with Crippen LogP contribution in [0.15, 0.2) is 17.1 Å². The molecule has 9 heteroatoms. The molecule has 0 radical (unpaired) electrons. The molecule has 1 saturated heterocycles. The first-order valence-electron chi connectivity index (χ1n) is 10.7. The summed E-state index contributed by atoms with van der Waals surface area (Å²) in [7, 11) is 5.31. The molecule has 0 atom stereocenters. The summed E-state index contributed by atoms with van der Waals surface area (Å²) < 4.78 is 3.25. The van der Waals surface area contributed by atoms with E-state index in [1.54, 1.807) is 41.4 Å². The number of rotatable bonds is 6. The standard InChI is InChI=1S/C22H32N6O3/c1-15-12-16(2)28(22(31)23-15)11-8-20(29)27-9-6-17(7-10-27)13-19-18(14-26(5)24-19)21(30)25(3)4/h12,14,17H,6-11,13H2,1-5H3. The van der Waals surface area contributed by atoms with Crippen LogP contribution in [0.2, 0.25) is 0 Å². The van der Waals surface area contributed by atoms with Crippen molar-refractivity contribution in [2.75, 3.05) is 27.2 Å². The molecule has 0 N–H and O–H groups in total. The molecule has 3 heterocycles.